The van der Waals surface area contributed by atoms with Gasteiger partial charge in [0.15, 0.2) is 5.96 Å². The zero-order valence-corrected chi connectivity index (χ0v) is 12.4. The zero-order chi connectivity index (χ0) is 14.2. The van der Waals surface area contributed by atoms with Crippen molar-refractivity contribution in [3.8, 4) is 0 Å². The number of nitrogens with one attached hydrogen (secondary N) is 2. The minimum Gasteiger partial charge on any atom is -0.375 e. The molecule has 2 atom stereocenters. The Morgan fingerprint density at radius 2 is 2.10 bits per heavy atom. The summed E-state index contributed by atoms with van der Waals surface area (Å²) in [5.74, 6) is 1.68. The van der Waals surface area contributed by atoms with Crippen LogP contribution in [-0.4, -0.2) is 31.7 Å². The molecule has 2 unspecified atom stereocenters. The monoisotopic (exact) mass is 275 g/mol. The van der Waals surface area contributed by atoms with Crippen LogP contribution >= 0.6 is 0 Å². The van der Waals surface area contributed by atoms with Crippen LogP contribution in [0.4, 0.5) is 0 Å². The van der Waals surface area contributed by atoms with Crippen LogP contribution in [-0.2, 0) is 11.3 Å². The molecule has 0 radical (unpaired) electrons. The number of hydrogen-bond acceptors (Lipinski definition) is 2. The number of rotatable bonds is 7. The highest BCUT2D eigenvalue weighted by Gasteiger charge is 2.33. The second-order valence-corrected chi connectivity index (χ2v) is 5.26. The average molecular weight is 275 g/mol. The van der Waals surface area contributed by atoms with Crippen LogP contribution in [0.3, 0.4) is 0 Å². The number of benzene rings is 1. The van der Waals surface area contributed by atoms with Gasteiger partial charge in [-0.25, -0.2) is 0 Å². The van der Waals surface area contributed by atoms with Gasteiger partial charge in [0.2, 0.25) is 0 Å². The molecule has 1 aromatic carbocycles. The molecule has 2 N–H and O–H groups in total. The summed E-state index contributed by atoms with van der Waals surface area (Å²) in [6, 6.07) is 10.8. The largest absolute Gasteiger partial charge is 0.375 e. The third-order valence-corrected chi connectivity index (χ3v) is 3.39. The molecule has 0 saturated heterocycles. The quantitative estimate of drug-likeness (QED) is 0.455. The van der Waals surface area contributed by atoms with E-state index in [-0.39, 0.29) is 0 Å². The van der Waals surface area contributed by atoms with Gasteiger partial charge in [-0.1, -0.05) is 37.3 Å². The summed E-state index contributed by atoms with van der Waals surface area (Å²) in [6.07, 6.45) is 1.24. The second kappa shape index (κ2) is 7.90. The molecule has 1 aromatic rings. The lowest BCUT2D eigenvalue weighted by molar-refractivity contribution is 0.128. The highest BCUT2D eigenvalue weighted by molar-refractivity contribution is 5.80. The molecule has 110 valence electrons. The van der Waals surface area contributed by atoms with Gasteiger partial charge in [-0.15, -0.1) is 0 Å². The Balaban J connectivity index is 1.64. The van der Waals surface area contributed by atoms with Crippen molar-refractivity contribution in [2.24, 2.45) is 10.9 Å². The fraction of sp³-hybridized carbons (Fsp3) is 0.562. The van der Waals surface area contributed by atoms with E-state index in [1.54, 1.807) is 0 Å². The van der Waals surface area contributed by atoms with E-state index in [9.17, 15) is 0 Å². The lowest BCUT2D eigenvalue weighted by Gasteiger charge is -2.10. The van der Waals surface area contributed by atoms with Crippen molar-refractivity contribution in [3.63, 3.8) is 0 Å². The summed E-state index contributed by atoms with van der Waals surface area (Å²) >= 11 is 0. The summed E-state index contributed by atoms with van der Waals surface area (Å²) < 4.78 is 5.63. The molecule has 1 aliphatic carbocycles. The first-order chi connectivity index (χ1) is 9.79. The van der Waals surface area contributed by atoms with E-state index in [1.807, 2.05) is 18.2 Å². The van der Waals surface area contributed by atoms with Crippen LogP contribution in [0.2, 0.25) is 0 Å². The Morgan fingerprint density at radius 1 is 1.35 bits per heavy atom. The smallest absolute Gasteiger partial charge is 0.191 e. The Bertz CT molecular complexity index is 419. The molecule has 0 bridgehead atoms. The average Bonchev–Trinajstić information content (AvgIpc) is 3.15. The number of aliphatic imine (C=N–C) groups is 1. The van der Waals surface area contributed by atoms with Crippen LogP contribution in [0.5, 0.6) is 0 Å². The molecule has 4 heteroatoms. The van der Waals surface area contributed by atoms with E-state index in [0.717, 1.165) is 18.4 Å². The van der Waals surface area contributed by atoms with Crippen LogP contribution < -0.4 is 10.6 Å². The third-order valence-electron chi connectivity index (χ3n) is 3.39. The van der Waals surface area contributed by atoms with Gasteiger partial charge in [0.25, 0.3) is 0 Å². The van der Waals surface area contributed by atoms with E-state index < -0.39 is 0 Å². The fourth-order valence-corrected chi connectivity index (χ4v) is 2.01. The maximum Gasteiger partial charge on any atom is 0.191 e. The van der Waals surface area contributed by atoms with Crippen molar-refractivity contribution in [2.75, 3.05) is 19.7 Å². The molecule has 1 saturated carbocycles. The topological polar surface area (TPSA) is 45.7 Å². The summed E-state index contributed by atoms with van der Waals surface area (Å²) in [7, 11) is 0. The van der Waals surface area contributed by atoms with Crippen LogP contribution in [0.25, 0.3) is 0 Å². The molecule has 1 aliphatic rings. The molecule has 4 nitrogen and oxygen atoms in total. The highest BCUT2D eigenvalue weighted by Crippen LogP contribution is 2.28. The van der Waals surface area contributed by atoms with E-state index in [2.05, 4.69) is 41.6 Å². The molecular formula is C16H25N3O. The molecule has 0 amide bonds. The maximum atomic E-state index is 5.63. The van der Waals surface area contributed by atoms with Crippen molar-refractivity contribution >= 4 is 5.96 Å². The Morgan fingerprint density at radius 3 is 2.75 bits per heavy atom. The van der Waals surface area contributed by atoms with Crippen molar-refractivity contribution in [1.82, 2.24) is 10.6 Å². The summed E-state index contributed by atoms with van der Waals surface area (Å²) in [6.45, 7) is 7.20. The number of guanidine groups is 1. The maximum absolute atomic E-state index is 5.63. The summed E-state index contributed by atoms with van der Waals surface area (Å²) in [5, 5.41) is 6.70. The molecule has 20 heavy (non-hydrogen) atoms. The van der Waals surface area contributed by atoms with Gasteiger partial charge in [-0.2, -0.15) is 0 Å². The predicted octanol–water partition coefficient (Wildman–Crippen LogP) is 2.17. The van der Waals surface area contributed by atoms with Crippen LogP contribution in [0, 0.1) is 5.92 Å². The number of nitrogens with zero attached hydrogens (tertiary/aromatic N) is 1. The summed E-state index contributed by atoms with van der Waals surface area (Å²) in [5.41, 5.74) is 1.20. The first-order valence-electron chi connectivity index (χ1n) is 7.46. The van der Waals surface area contributed by atoms with Gasteiger partial charge in [-0.3, -0.25) is 4.99 Å². The van der Waals surface area contributed by atoms with Crippen molar-refractivity contribution in [2.45, 2.75) is 32.9 Å². The predicted molar refractivity (Wildman–Crippen MR) is 82.8 cm³/mol. The number of ether oxygens (including phenoxy) is 1. The molecular weight excluding hydrogens is 250 g/mol. The van der Waals surface area contributed by atoms with Crippen molar-refractivity contribution in [3.05, 3.63) is 35.9 Å². The van der Waals surface area contributed by atoms with Crippen LogP contribution in [0.1, 0.15) is 25.8 Å². The minimum atomic E-state index is 0.595. The minimum absolute atomic E-state index is 0.595. The third kappa shape index (κ3) is 5.21. The van der Waals surface area contributed by atoms with Gasteiger partial charge < -0.3 is 15.4 Å². The zero-order valence-electron chi connectivity index (χ0n) is 12.4. The lowest BCUT2D eigenvalue weighted by Crippen LogP contribution is -2.39. The van der Waals surface area contributed by atoms with Crippen molar-refractivity contribution < 1.29 is 4.74 Å². The Labute approximate surface area is 121 Å². The van der Waals surface area contributed by atoms with Gasteiger partial charge in [0.05, 0.1) is 19.8 Å². The second-order valence-electron chi connectivity index (χ2n) is 5.26. The van der Waals surface area contributed by atoms with E-state index in [1.165, 1.54) is 12.0 Å². The van der Waals surface area contributed by atoms with Gasteiger partial charge >= 0.3 is 0 Å². The van der Waals surface area contributed by atoms with E-state index in [0.29, 0.717) is 25.8 Å². The fourth-order valence-electron chi connectivity index (χ4n) is 2.01. The Hall–Kier alpha value is -1.55. The van der Waals surface area contributed by atoms with Gasteiger partial charge in [0.1, 0.15) is 0 Å². The normalized spacial score (nSPS) is 21.6. The van der Waals surface area contributed by atoms with E-state index in [4.69, 9.17) is 4.74 Å². The summed E-state index contributed by atoms with van der Waals surface area (Å²) in [4.78, 5) is 4.53. The van der Waals surface area contributed by atoms with Crippen molar-refractivity contribution in [1.29, 1.82) is 0 Å². The molecule has 0 aromatic heterocycles. The van der Waals surface area contributed by atoms with Gasteiger partial charge in [-0.05, 0) is 24.8 Å². The molecule has 0 spiro atoms. The van der Waals surface area contributed by atoms with Gasteiger partial charge in [0, 0.05) is 12.6 Å². The SMILES string of the molecule is CCNC(=NCCOCc1ccccc1)NC1CC1C. The molecule has 0 heterocycles. The van der Waals surface area contributed by atoms with Crippen LogP contribution in [0.15, 0.2) is 35.3 Å². The Kier molecular flexibility index (Phi) is 5.87. The standard InChI is InChI=1S/C16H25N3O/c1-3-17-16(19-15-11-13(15)2)18-9-10-20-12-14-7-5-4-6-8-14/h4-8,13,15H,3,9-12H2,1-2H3,(H2,17,18,19). The first-order valence-corrected chi connectivity index (χ1v) is 7.46. The first kappa shape index (κ1) is 14.9. The molecule has 0 aliphatic heterocycles. The molecule has 1 fully saturated rings. The lowest BCUT2D eigenvalue weighted by atomic mass is 10.2. The molecule has 2 rings (SSSR count). The van der Waals surface area contributed by atoms with E-state index >= 15 is 0 Å². The highest BCUT2D eigenvalue weighted by atomic mass is 16.5. The number of hydrogen-bond donors (Lipinski definition) is 2.